The van der Waals surface area contributed by atoms with E-state index in [1.165, 1.54) is 11.8 Å². The standard InChI is InChI=1S/C20H20Br2ClN3O2/c21-16-9-15(19(27)18(22)10-16)11-24-25-20(28)14-5-7-26(8-6-14)12-13-1-3-17(23)4-2-13/h1-4,9-11,14,27H,5-8,12H2,(H,25,28)/b24-11-. The highest BCUT2D eigenvalue weighted by atomic mass is 79.9. The second kappa shape index (κ2) is 9.87. The van der Waals surface area contributed by atoms with E-state index in [1.54, 1.807) is 12.1 Å². The van der Waals surface area contributed by atoms with Gasteiger partial charge in [-0.2, -0.15) is 5.10 Å². The lowest BCUT2D eigenvalue weighted by Gasteiger charge is -2.30. The summed E-state index contributed by atoms with van der Waals surface area (Å²) < 4.78 is 1.36. The van der Waals surface area contributed by atoms with Gasteiger partial charge in [-0.3, -0.25) is 9.69 Å². The molecule has 1 aliphatic heterocycles. The third kappa shape index (κ3) is 5.80. The fraction of sp³-hybridized carbons (Fsp3) is 0.300. The zero-order chi connectivity index (χ0) is 20.1. The third-order valence-corrected chi connectivity index (χ3v) is 6.03. The van der Waals surface area contributed by atoms with Gasteiger partial charge in [0.2, 0.25) is 5.91 Å². The van der Waals surface area contributed by atoms with Gasteiger partial charge in [0, 0.05) is 27.5 Å². The van der Waals surface area contributed by atoms with E-state index in [4.69, 9.17) is 11.6 Å². The van der Waals surface area contributed by atoms with Crippen LogP contribution in [0.1, 0.15) is 24.0 Å². The van der Waals surface area contributed by atoms with E-state index in [9.17, 15) is 9.90 Å². The Kier molecular flexibility index (Phi) is 7.51. The van der Waals surface area contributed by atoms with Crippen molar-refractivity contribution in [2.24, 2.45) is 11.0 Å². The average Bonchev–Trinajstić information content (AvgIpc) is 2.68. The van der Waals surface area contributed by atoms with Crippen molar-refractivity contribution in [3.8, 4) is 5.75 Å². The molecule has 0 aromatic heterocycles. The number of phenols is 1. The first-order valence-electron chi connectivity index (χ1n) is 8.90. The fourth-order valence-electron chi connectivity index (χ4n) is 3.14. The van der Waals surface area contributed by atoms with Crippen molar-refractivity contribution in [3.63, 3.8) is 0 Å². The normalized spacial score (nSPS) is 15.8. The summed E-state index contributed by atoms with van der Waals surface area (Å²) in [6.45, 7) is 2.59. The molecule has 1 heterocycles. The number of benzene rings is 2. The van der Waals surface area contributed by atoms with Crippen LogP contribution >= 0.6 is 43.5 Å². The summed E-state index contributed by atoms with van der Waals surface area (Å²) in [6.07, 6.45) is 3.03. The number of carbonyl (C=O) groups is 1. The van der Waals surface area contributed by atoms with Crippen molar-refractivity contribution in [2.75, 3.05) is 13.1 Å². The number of carbonyl (C=O) groups excluding carboxylic acids is 1. The topological polar surface area (TPSA) is 64.9 Å². The van der Waals surface area contributed by atoms with Gasteiger partial charge in [0.25, 0.3) is 0 Å². The van der Waals surface area contributed by atoms with E-state index >= 15 is 0 Å². The van der Waals surface area contributed by atoms with E-state index in [0.717, 1.165) is 42.0 Å². The molecule has 1 saturated heterocycles. The van der Waals surface area contributed by atoms with E-state index in [-0.39, 0.29) is 17.6 Å². The number of hydrogen-bond acceptors (Lipinski definition) is 4. The zero-order valence-corrected chi connectivity index (χ0v) is 19.0. The molecule has 0 unspecified atom stereocenters. The summed E-state index contributed by atoms with van der Waals surface area (Å²) >= 11 is 12.6. The van der Waals surface area contributed by atoms with Crippen molar-refractivity contribution < 1.29 is 9.90 Å². The maximum atomic E-state index is 12.4. The molecule has 2 aromatic carbocycles. The van der Waals surface area contributed by atoms with Crippen LogP contribution in [0.2, 0.25) is 5.02 Å². The predicted molar refractivity (Wildman–Crippen MR) is 119 cm³/mol. The largest absolute Gasteiger partial charge is 0.506 e. The molecule has 28 heavy (non-hydrogen) atoms. The lowest BCUT2D eigenvalue weighted by molar-refractivity contribution is -0.126. The number of hydrazone groups is 1. The molecule has 0 saturated carbocycles. The second-order valence-corrected chi connectivity index (χ2v) is 8.94. The minimum absolute atomic E-state index is 0.0542. The van der Waals surface area contributed by atoms with Gasteiger partial charge in [0.1, 0.15) is 5.75 Å². The number of phenolic OH excluding ortho intramolecular Hbond substituents is 1. The first-order valence-corrected chi connectivity index (χ1v) is 10.9. The van der Waals surface area contributed by atoms with Crippen LogP contribution in [0.25, 0.3) is 0 Å². The minimum atomic E-state index is -0.0871. The summed E-state index contributed by atoms with van der Waals surface area (Å²) in [7, 11) is 0. The quantitative estimate of drug-likeness (QED) is 0.426. The van der Waals surface area contributed by atoms with Crippen molar-refractivity contribution in [1.82, 2.24) is 10.3 Å². The van der Waals surface area contributed by atoms with Crippen molar-refractivity contribution in [3.05, 3.63) is 61.5 Å². The molecule has 0 atom stereocenters. The lowest BCUT2D eigenvalue weighted by atomic mass is 9.96. The molecular weight excluding hydrogens is 510 g/mol. The van der Waals surface area contributed by atoms with Gasteiger partial charge in [-0.25, -0.2) is 5.43 Å². The number of halogens is 3. The number of piperidine rings is 1. The molecule has 1 aliphatic rings. The molecule has 0 bridgehead atoms. The lowest BCUT2D eigenvalue weighted by Crippen LogP contribution is -2.39. The van der Waals surface area contributed by atoms with E-state index < -0.39 is 0 Å². The Morgan fingerprint density at radius 2 is 1.93 bits per heavy atom. The molecule has 0 aliphatic carbocycles. The summed E-state index contributed by atoms with van der Waals surface area (Å²) in [5, 5.41) is 14.8. The summed E-state index contributed by atoms with van der Waals surface area (Å²) in [4.78, 5) is 14.7. The highest BCUT2D eigenvalue weighted by molar-refractivity contribution is 9.11. The van der Waals surface area contributed by atoms with Crippen molar-refractivity contribution in [1.29, 1.82) is 0 Å². The highest BCUT2D eigenvalue weighted by Crippen LogP contribution is 2.30. The average molecular weight is 530 g/mol. The predicted octanol–water partition coefficient (Wildman–Crippen LogP) is 4.93. The molecule has 2 aromatic rings. The number of hydrogen-bond donors (Lipinski definition) is 2. The van der Waals surface area contributed by atoms with Gasteiger partial charge < -0.3 is 5.11 Å². The smallest absolute Gasteiger partial charge is 0.243 e. The Balaban J connectivity index is 1.48. The van der Waals surface area contributed by atoms with Gasteiger partial charge in [-0.15, -0.1) is 0 Å². The molecule has 148 valence electrons. The van der Waals surface area contributed by atoms with Crippen LogP contribution in [0.15, 0.2) is 50.4 Å². The van der Waals surface area contributed by atoms with Crippen LogP contribution in [0.3, 0.4) is 0 Å². The van der Waals surface area contributed by atoms with E-state index in [1.807, 2.05) is 24.3 Å². The highest BCUT2D eigenvalue weighted by Gasteiger charge is 2.24. The summed E-state index contributed by atoms with van der Waals surface area (Å²) in [6, 6.07) is 11.3. The summed E-state index contributed by atoms with van der Waals surface area (Å²) in [5.41, 5.74) is 4.33. The van der Waals surface area contributed by atoms with Crippen molar-refractivity contribution in [2.45, 2.75) is 19.4 Å². The third-order valence-electron chi connectivity index (χ3n) is 4.71. The van der Waals surface area contributed by atoms with Gasteiger partial charge in [-0.1, -0.05) is 39.7 Å². The second-order valence-electron chi connectivity index (χ2n) is 6.74. The number of likely N-dealkylation sites (tertiary alicyclic amines) is 1. The Hall–Kier alpha value is -1.41. The van der Waals surface area contributed by atoms with Crippen LogP contribution in [0.4, 0.5) is 0 Å². The van der Waals surface area contributed by atoms with Crippen LogP contribution in [-0.2, 0) is 11.3 Å². The Morgan fingerprint density at radius 3 is 2.61 bits per heavy atom. The van der Waals surface area contributed by atoms with Crippen LogP contribution in [0, 0.1) is 5.92 Å². The summed E-state index contributed by atoms with van der Waals surface area (Å²) in [5.74, 6) is -0.0610. The fourth-order valence-corrected chi connectivity index (χ4v) is 4.53. The number of aromatic hydroxyl groups is 1. The maximum Gasteiger partial charge on any atom is 0.243 e. The van der Waals surface area contributed by atoms with Crippen LogP contribution < -0.4 is 5.43 Å². The Bertz CT molecular complexity index is 866. The first kappa shape index (κ1) is 21.3. The molecule has 0 radical (unpaired) electrons. The molecule has 5 nitrogen and oxygen atoms in total. The number of amides is 1. The Labute approximate surface area is 186 Å². The van der Waals surface area contributed by atoms with E-state index in [0.29, 0.717) is 10.0 Å². The molecule has 1 fully saturated rings. The minimum Gasteiger partial charge on any atom is -0.506 e. The maximum absolute atomic E-state index is 12.4. The van der Waals surface area contributed by atoms with Crippen molar-refractivity contribution >= 4 is 55.6 Å². The van der Waals surface area contributed by atoms with E-state index in [2.05, 4.69) is 47.3 Å². The number of nitrogens with zero attached hydrogens (tertiary/aromatic N) is 2. The molecule has 1 amide bonds. The SMILES string of the molecule is O=C(N/N=C\c1cc(Br)cc(Br)c1O)C1CCN(Cc2ccc(Cl)cc2)CC1. The van der Waals surface area contributed by atoms with Gasteiger partial charge in [0.15, 0.2) is 0 Å². The van der Waals surface area contributed by atoms with Gasteiger partial charge in [-0.05, 0) is 71.7 Å². The van der Waals surface area contributed by atoms with Crippen LogP contribution in [0.5, 0.6) is 5.75 Å². The monoisotopic (exact) mass is 527 g/mol. The molecular formula is C20H20Br2ClN3O2. The Morgan fingerprint density at radius 1 is 1.25 bits per heavy atom. The molecule has 0 spiro atoms. The first-order chi connectivity index (χ1) is 13.4. The zero-order valence-electron chi connectivity index (χ0n) is 15.0. The number of nitrogens with one attached hydrogen (secondary N) is 1. The molecule has 3 rings (SSSR count). The van der Waals surface area contributed by atoms with Crippen LogP contribution in [-0.4, -0.2) is 35.2 Å². The molecule has 2 N–H and O–H groups in total. The van der Waals surface area contributed by atoms with Gasteiger partial charge >= 0.3 is 0 Å². The number of rotatable bonds is 5. The van der Waals surface area contributed by atoms with Gasteiger partial charge in [0.05, 0.1) is 10.7 Å². The molecule has 8 heteroatoms.